The maximum Gasteiger partial charge on any atom is 0.118 e. The minimum absolute atomic E-state index is 0.789. The number of nitrogens with zero attached hydrogens (tertiary/aromatic N) is 2. The average Bonchev–Trinajstić information content (AvgIpc) is 2.59. The van der Waals surface area contributed by atoms with Crippen molar-refractivity contribution in [3.8, 4) is 5.75 Å². The molecular formula is C12H15ClN2O. The third-order valence-electron chi connectivity index (χ3n) is 2.61. The number of methoxy groups -OCH3 is 1. The number of rotatable bonds is 3. The summed E-state index contributed by atoms with van der Waals surface area (Å²) < 4.78 is 5.12. The molecule has 0 spiro atoms. The molecule has 0 amide bonds. The zero-order valence-electron chi connectivity index (χ0n) is 9.48. The van der Waals surface area contributed by atoms with Crippen LogP contribution in [-0.4, -0.2) is 30.7 Å². The fourth-order valence-corrected chi connectivity index (χ4v) is 1.98. The van der Waals surface area contributed by atoms with Crippen molar-refractivity contribution < 1.29 is 4.74 Å². The molecule has 0 atom stereocenters. The number of likely N-dealkylation sites (N-methyl/N-ethyl adjacent to an activating group) is 1. The SMILES string of the molecule is COc1ccc(CN2C=C(Cl)CN2C)cc1. The zero-order valence-corrected chi connectivity index (χ0v) is 10.2. The Bertz CT molecular complexity index is 389. The van der Waals surface area contributed by atoms with Gasteiger partial charge in [-0.05, 0) is 17.7 Å². The van der Waals surface area contributed by atoms with Gasteiger partial charge in [-0.3, -0.25) is 0 Å². The molecule has 0 radical (unpaired) electrons. The average molecular weight is 239 g/mol. The predicted molar refractivity (Wildman–Crippen MR) is 65.1 cm³/mol. The Kier molecular flexibility index (Phi) is 3.36. The molecule has 0 aromatic heterocycles. The predicted octanol–water partition coefficient (Wildman–Crippen LogP) is 2.44. The highest BCUT2D eigenvalue weighted by Gasteiger charge is 2.16. The van der Waals surface area contributed by atoms with Crippen LogP contribution in [0.4, 0.5) is 0 Å². The number of hydrazine groups is 1. The first-order valence-electron chi connectivity index (χ1n) is 5.16. The van der Waals surface area contributed by atoms with Gasteiger partial charge >= 0.3 is 0 Å². The lowest BCUT2D eigenvalue weighted by Crippen LogP contribution is -2.30. The van der Waals surface area contributed by atoms with E-state index in [-0.39, 0.29) is 0 Å². The number of halogens is 1. The van der Waals surface area contributed by atoms with Crippen LogP contribution in [0.1, 0.15) is 5.56 Å². The van der Waals surface area contributed by atoms with Crippen LogP contribution in [0, 0.1) is 0 Å². The van der Waals surface area contributed by atoms with E-state index in [0.29, 0.717) is 0 Å². The van der Waals surface area contributed by atoms with E-state index in [4.69, 9.17) is 16.3 Å². The first-order chi connectivity index (χ1) is 7.69. The van der Waals surface area contributed by atoms with Crippen LogP contribution in [0.25, 0.3) is 0 Å². The summed E-state index contributed by atoms with van der Waals surface area (Å²) >= 11 is 5.97. The molecule has 0 saturated carbocycles. The van der Waals surface area contributed by atoms with Crippen molar-refractivity contribution in [2.24, 2.45) is 0 Å². The van der Waals surface area contributed by atoms with Gasteiger partial charge in [0, 0.05) is 13.2 Å². The molecule has 0 N–H and O–H groups in total. The molecular weight excluding hydrogens is 224 g/mol. The van der Waals surface area contributed by atoms with Gasteiger partial charge in [-0.25, -0.2) is 5.01 Å². The second-order valence-electron chi connectivity index (χ2n) is 3.84. The lowest BCUT2D eigenvalue weighted by atomic mass is 10.2. The molecule has 0 aliphatic carbocycles. The summed E-state index contributed by atoms with van der Waals surface area (Å²) in [7, 11) is 3.70. The maximum absolute atomic E-state index is 5.97. The van der Waals surface area contributed by atoms with E-state index in [2.05, 4.69) is 22.2 Å². The topological polar surface area (TPSA) is 15.7 Å². The second-order valence-corrected chi connectivity index (χ2v) is 4.32. The van der Waals surface area contributed by atoms with Gasteiger partial charge in [0.1, 0.15) is 5.75 Å². The van der Waals surface area contributed by atoms with Gasteiger partial charge in [-0.2, -0.15) is 0 Å². The Morgan fingerprint density at radius 2 is 2.00 bits per heavy atom. The summed E-state index contributed by atoms with van der Waals surface area (Å²) in [4.78, 5) is 0. The number of benzene rings is 1. The van der Waals surface area contributed by atoms with Crippen molar-refractivity contribution in [1.29, 1.82) is 0 Å². The third kappa shape index (κ3) is 2.49. The molecule has 16 heavy (non-hydrogen) atoms. The number of hydrogen-bond donors (Lipinski definition) is 0. The van der Waals surface area contributed by atoms with Crippen LogP contribution in [-0.2, 0) is 6.54 Å². The molecule has 0 fully saturated rings. The van der Waals surface area contributed by atoms with Crippen LogP contribution >= 0.6 is 11.6 Å². The molecule has 2 rings (SSSR count). The van der Waals surface area contributed by atoms with Gasteiger partial charge in [0.05, 0.1) is 25.2 Å². The van der Waals surface area contributed by atoms with Crippen molar-refractivity contribution in [3.63, 3.8) is 0 Å². The van der Waals surface area contributed by atoms with E-state index < -0.39 is 0 Å². The third-order valence-corrected chi connectivity index (χ3v) is 2.83. The quantitative estimate of drug-likeness (QED) is 0.805. The van der Waals surface area contributed by atoms with E-state index in [0.717, 1.165) is 23.9 Å². The molecule has 0 unspecified atom stereocenters. The van der Waals surface area contributed by atoms with Crippen LogP contribution < -0.4 is 4.74 Å². The van der Waals surface area contributed by atoms with Gasteiger partial charge in [0.25, 0.3) is 0 Å². The summed E-state index contributed by atoms with van der Waals surface area (Å²) in [6.45, 7) is 1.62. The fourth-order valence-electron chi connectivity index (χ4n) is 1.69. The smallest absolute Gasteiger partial charge is 0.118 e. The van der Waals surface area contributed by atoms with Gasteiger partial charge in [-0.1, -0.05) is 23.7 Å². The molecule has 4 heteroatoms. The van der Waals surface area contributed by atoms with E-state index in [1.54, 1.807) is 7.11 Å². The molecule has 1 aliphatic heterocycles. The minimum atomic E-state index is 0.789. The summed E-state index contributed by atoms with van der Waals surface area (Å²) in [5, 5.41) is 5.06. The summed E-state index contributed by atoms with van der Waals surface area (Å²) in [6, 6.07) is 8.06. The fraction of sp³-hybridized carbons (Fsp3) is 0.333. The molecule has 0 bridgehead atoms. The lowest BCUT2D eigenvalue weighted by molar-refractivity contribution is 0.0756. The first kappa shape index (κ1) is 11.3. The molecule has 1 heterocycles. The zero-order chi connectivity index (χ0) is 11.5. The molecule has 1 aliphatic rings. The maximum atomic E-state index is 5.97. The molecule has 3 nitrogen and oxygen atoms in total. The Morgan fingerprint density at radius 1 is 1.31 bits per heavy atom. The highest BCUT2D eigenvalue weighted by Crippen LogP contribution is 2.20. The molecule has 0 saturated heterocycles. The van der Waals surface area contributed by atoms with Gasteiger partial charge < -0.3 is 9.75 Å². The summed E-state index contributed by atoms with van der Waals surface area (Å²) in [5.74, 6) is 0.882. The largest absolute Gasteiger partial charge is 0.497 e. The highest BCUT2D eigenvalue weighted by molar-refractivity contribution is 6.29. The van der Waals surface area contributed by atoms with Crippen molar-refractivity contribution in [2.75, 3.05) is 20.7 Å². The Morgan fingerprint density at radius 3 is 2.50 bits per heavy atom. The van der Waals surface area contributed by atoms with Crippen molar-refractivity contribution >= 4 is 11.6 Å². The van der Waals surface area contributed by atoms with Gasteiger partial charge in [0.2, 0.25) is 0 Å². The molecule has 1 aromatic rings. The normalized spacial score (nSPS) is 16.4. The monoisotopic (exact) mass is 238 g/mol. The second kappa shape index (κ2) is 4.76. The van der Waals surface area contributed by atoms with E-state index in [9.17, 15) is 0 Å². The highest BCUT2D eigenvalue weighted by atomic mass is 35.5. The Hall–Kier alpha value is -1.19. The number of hydrogen-bond acceptors (Lipinski definition) is 3. The minimum Gasteiger partial charge on any atom is -0.497 e. The van der Waals surface area contributed by atoms with E-state index >= 15 is 0 Å². The van der Waals surface area contributed by atoms with Crippen molar-refractivity contribution in [3.05, 3.63) is 41.1 Å². The van der Waals surface area contributed by atoms with Crippen LogP contribution in [0.2, 0.25) is 0 Å². The Labute approximate surface area is 101 Å². The standard InChI is InChI=1S/C12H15ClN2O/c1-14-8-11(13)9-15(14)7-10-3-5-12(16-2)6-4-10/h3-6,9H,7-8H2,1-2H3. The van der Waals surface area contributed by atoms with Gasteiger partial charge in [0.15, 0.2) is 0 Å². The lowest BCUT2D eigenvalue weighted by Gasteiger charge is -2.24. The summed E-state index contributed by atoms with van der Waals surface area (Å²) in [5.41, 5.74) is 1.23. The first-order valence-corrected chi connectivity index (χ1v) is 5.53. The van der Waals surface area contributed by atoms with E-state index in [1.807, 2.05) is 25.4 Å². The Balaban J connectivity index is 2.03. The summed E-state index contributed by atoms with van der Waals surface area (Å²) in [6.07, 6.45) is 1.96. The molecule has 1 aromatic carbocycles. The van der Waals surface area contributed by atoms with Crippen LogP contribution in [0.15, 0.2) is 35.5 Å². The molecule has 86 valence electrons. The van der Waals surface area contributed by atoms with Crippen molar-refractivity contribution in [1.82, 2.24) is 10.0 Å². The van der Waals surface area contributed by atoms with E-state index in [1.165, 1.54) is 5.56 Å². The van der Waals surface area contributed by atoms with Gasteiger partial charge in [-0.15, -0.1) is 0 Å². The van der Waals surface area contributed by atoms with Crippen LogP contribution in [0.5, 0.6) is 5.75 Å². The van der Waals surface area contributed by atoms with Crippen molar-refractivity contribution in [2.45, 2.75) is 6.54 Å². The number of ether oxygens (including phenoxy) is 1. The van der Waals surface area contributed by atoms with Crippen LogP contribution in [0.3, 0.4) is 0 Å².